The fraction of sp³-hybridized carbons (Fsp3) is 0.345. The highest BCUT2D eigenvalue weighted by Crippen LogP contribution is 2.34. The number of para-hydroxylation sites is 1. The number of nitrogens with one attached hydrogen (secondary N) is 1. The number of anilines is 2. The number of pyridine rings is 1. The van der Waals surface area contributed by atoms with Crippen LogP contribution in [-0.2, 0) is 4.74 Å². The molecule has 2 aliphatic rings. The van der Waals surface area contributed by atoms with E-state index < -0.39 is 5.60 Å². The predicted molar refractivity (Wildman–Crippen MR) is 142 cm³/mol. The summed E-state index contributed by atoms with van der Waals surface area (Å²) in [6, 6.07) is 18.7. The zero-order chi connectivity index (χ0) is 26.0. The molecule has 2 atom stereocenters. The molecule has 37 heavy (non-hydrogen) atoms. The Kier molecular flexibility index (Phi) is 6.74. The Morgan fingerprint density at radius 3 is 2.19 bits per heavy atom. The molecule has 2 aromatic carbocycles. The van der Waals surface area contributed by atoms with Crippen LogP contribution in [0.25, 0.3) is 0 Å². The molecule has 0 spiro atoms. The highest BCUT2D eigenvalue weighted by atomic mass is 16.6. The zero-order valence-corrected chi connectivity index (χ0v) is 21.4. The molecule has 8 nitrogen and oxygen atoms in total. The summed E-state index contributed by atoms with van der Waals surface area (Å²) < 4.78 is 11.3. The van der Waals surface area contributed by atoms with Crippen molar-refractivity contribution in [2.24, 2.45) is 11.8 Å². The first kappa shape index (κ1) is 24.6. The van der Waals surface area contributed by atoms with Crippen molar-refractivity contribution in [1.82, 2.24) is 9.88 Å². The summed E-state index contributed by atoms with van der Waals surface area (Å²) in [6.07, 6.45) is 3.12. The van der Waals surface area contributed by atoms with Gasteiger partial charge in [-0.3, -0.25) is 9.78 Å². The summed E-state index contributed by atoms with van der Waals surface area (Å²) in [5, 5.41) is 2.93. The lowest BCUT2D eigenvalue weighted by Gasteiger charge is -2.26. The lowest BCUT2D eigenvalue weighted by molar-refractivity contribution is 0.0282. The van der Waals surface area contributed by atoms with Crippen molar-refractivity contribution < 1.29 is 19.1 Å². The third-order valence-electron chi connectivity index (χ3n) is 6.58. The Morgan fingerprint density at radius 2 is 1.54 bits per heavy atom. The number of ether oxygens (including phenoxy) is 2. The number of aromatic nitrogens is 1. The lowest BCUT2D eigenvalue weighted by atomic mass is 10.0. The minimum atomic E-state index is -0.495. The van der Waals surface area contributed by atoms with Crippen molar-refractivity contribution in [1.29, 1.82) is 0 Å². The van der Waals surface area contributed by atoms with Gasteiger partial charge in [-0.2, -0.15) is 0 Å². The molecule has 2 aliphatic heterocycles. The Hall–Kier alpha value is -4.07. The van der Waals surface area contributed by atoms with Crippen LogP contribution < -0.4 is 15.0 Å². The Morgan fingerprint density at radius 1 is 0.892 bits per heavy atom. The van der Waals surface area contributed by atoms with Gasteiger partial charge in [0.25, 0.3) is 5.91 Å². The summed E-state index contributed by atoms with van der Waals surface area (Å²) >= 11 is 0. The van der Waals surface area contributed by atoms with Gasteiger partial charge in [0.05, 0.1) is 17.4 Å². The van der Waals surface area contributed by atoms with Gasteiger partial charge >= 0.3 is 6.09 Å². The van der Waals surface area contributed by atoms with Crippen molar-refractivity contribution in [2.75, 3.05) is 36.4 Å². The molecule has 1 aromatic heterocycles. The Balaban J connectivity index is 1.17. The van der Waals surface area contributed by atoms with Crippen LogP contribution in [0.15, 0.2) is 73.1 Å². The fourth-order valence-corrected chi connectivity index (χ4v) is 4.84. The first-order chi connectivity index (χ1) is 17.7. The molecule has 1 N–H and O–H groups in total. The number of amides is 2. The quantitative estimate of drug-likeness (QED) is 0.503. The highest BCUT2D eigenvalue weighted by molar-refractivity contribution is 6.04. The molecule has 2 amide bonds. The second-order valence-corrected chi connectivity index (χ2v) is 10.6. The first-order valence-corrected chi connectivity index (χ1v) is 12.6. The second kappa shape index (κ2) is 10.1. The molecule has 3 aromatic rings. The van der Waals surface area contributed by atoms with E-state index in [2.05, 4.69) is 15.2 Å². The minimum Gasteiger partial charge on any atom is -0.457 e. The second-order valence-electron chi connectivity index (χ2n) is 10.6. The Labute approximate surface area is 217 Å². The minimum absolute atomic E-state index is 0.221. The van der Waals surface area contributed by atoms with Crippen LogP contribution in [0.5, 0.6) is 11.5 Å². The van der Waals surface area contributed by atoms with E-state index >= 15 is 0 Å². The molecule has 0 aliphatic carbocycles. The number of rotatable bonds is 5. The van der Waals surface area contributed by atoms with Crippen LogP contribution in [0.4, 0.5) is 16.2 Å². The number of hydrogen-bond acceptors (Lipinski definition) is 6. The average molecular weight is 501 g/mol. The van der Waals surface area contributed by atoms with E-state index in [0.29, 0.717) is 41.9 Å². The van der Waals surface area contributed by atoms with Gasteiger partial charge in [0.2, 0.25) is 0 Å². The van der Waals surface area contributed by atoms with E-state index in [1.54, 1.807) is 12.4 Å². The average Bonchev–Trinajstić information content (AvgIpc) is 3.45. The third-order valence-corrected chi connectivity index (χ3v) is 6.58. The monoisotopic (exact) mass is 500 g/mol. The van der Waals surface area contributed by atoms with Gasteiger partial charge in [-0.15, -0.1) is 0 Å². The summed E-state index contributed by atoms with van der Waals surface area (Å²) in [4.78, 5) is 33.8. The van der Waals surface area contributed by atoms with Crippen LogP contribution >= 0.6 is 0 Å². The van der Waals surface area contributed by atoms with Crippen LogP contribution in [0, 0.1) is 11.8 Å². The van der Waals surface area contributed by atoms with Crippen molar-refractivity contribution in [2.45, 2.75) is 26.4 Å². The summed E-state index contributed by atoms with van der Waals surface area (Å²) in [7, 11) is 0. The number of carbonyl (C=O) groups is 2. The van der Waals surface area contributed by atoms with Gasteiger partial charge in [0.1, 0.15) is 17.1 Å². The molecule has 2 saturated heterocycles. The number of fused-ring (bicyclic) bond motifs is 1. The molecule has 0 saturated carbocycles. The third kappa shape index (κ3) is 6.02. The van der Waals surface area contributed by atoms with Crippen molar-refractivity contribution in [3.05, 3.63) is 78.6 Å². The van der Waals surface area contributed by atoms with Crippen LogP contribution in [-0.4, -0.2) is 53.7 Å². The molecule has 3 heterocycles. The van der Waals surface area contributed by atoms with Gasteiger partial charge in [-0.1, -0.05) is 18.2 Å². The van der Waals surface area contributed by atoms with Gasteiger partial charge in [0.15, 0.2) is 0 Å². The van der Waals surface area contributed by atoms with E-state index in [-0.39, 0.29) is 12.0 Å². The number of hydrogen-bond donors (Lipinski definition) is 1. The molecular formula is C29H32N4O4. The summed E-state index contributed by atoms with van der Waals surface area (Å²) in [5.41, 5.74) is 1.59. The SMILES string of the molecule is CC(C)(C)OC(=O)N1CC2CN(c3cncc(C(=O)Nc4ccc(Oc5ccccc5)cc4)c3)CC2C1. The first-order valence-electron chi connectivity index (χ1n) is 12.6. The van der Waals surface area contributed by atoms with E-state index in [9.17, 15) is 9.59 Å². The number of likely N-dealkylation sites (tertiary alicyclic amines) is 1. The normalized spacial score (nSPS) is 18.9. The predicted octanol–water partition coefficient (Wildman–Crippen LogP) is 5.43. The molecule has 8 heteroatoms. The molecule has 2 fully saturated rings. The molecule has 2 unspecified atom stereocenters. The molecular weight excluding hydrogens is 468 g/mol. The topological polar surface area (TPSA) is 84.0 Å². The number of benzene rings is 2. The van der Waals surface area contributed by atoms with Crippen molar-refractivity contribution in [3.63, 3.8) is 0 Å². The van der Waals surface area contributed by atoms with E-state index in [4.69, 9.17) is 9.47 Å². The zero-order valence-electron chi connectivity index (χ0n) is 21.4. The van der Waals surface area contributed by atoms with Gasteiger partial charge in [0, 0.05) is 49.9 Å². The molecule has 5 rings (SSSR count). The van der Waals surface area contributed by atoms with E-state index in [0.717, 1.165) is 24.5 Å². The van der Waals surface area contributed by atoms with E-state index in [1.807, 2.05) is 86.3 Å². The van der Waals surface area contributed by atoms with Crippen molar-refractivity contribution in [3.8, 4) is 11.5 Å². The van der Waals surface area contributed by atoms with E-state index in [1.165, 1.54) is 0 Å². The maximum Gasteiger partial charge on any atom is 0.410 e. The van der Waals surface area contributed by atoms with Crippen LogP contribution in [0.3, 0.4) is 0 Å². The standard InChI is InChI=1S/C29H32N4O4/c1-29(2,3)37-28(35)33-18-21-16-32(17-22(21)19-33)24-13-20(14-30-15-24)27(34)31-23-9-11-26(12-10-23)36-25-7-5-4-6-8-25/h4-15,21-22H,16-19H2,1-3H3,(H,31,34). The van der Waals surface area contributed by atoms with Gasteiger partial charge in [-0.25, -0.2) is 4.79 Å². The summed E-state index contributed by atoms with van der Waals surface area (Å²) in [5.74, 6) is 1.98. The smallest absolute Gasteiger partial charge is 0.410 e. The maximum atomic E-state index is 12.9. The lowest BCUT2D eigenvalue weighted by Crippen LogP contribution is -2.37. The fourth-order valence-electron chi connectivity index (χ4n) is 4.84. The largest absolute Gasteiger partial charge is 0.457 e. The maximum absolute atomic E-state index is 12.9. The van der Waals surface area contributed by atoms with Crippen molar-refractivity contribution >= 4 is 23.4 Å². The number of carbonyl (C=O) groups excluding carboxylic acids is 2. The Bertz CT molecular complexity index is 1240. The highest BCUT2D eigenvalue weighted by Gasteiger charge is 2.42. The summed E-state index contributed by atoms with van der Waals surface area (Å²) in [6.45, 7) is 8.67. The van der Waals surface area contributed by atoms with Crippen LogP contribution in [0.2, 0.25) is 0 Å². The molecule has 192 valence electrons. The van der Waals surface area contributed by atoms with Crippen LogP contribution in [0.1, 0.15) is 31.1 Å². The number of nitrogens with zero attached hydrogens (tertiary/aromatic N) is 3. The molecule has 0 radical (unpaired) electrons. The van der Waals surface area contributed by atoms with Gasteiger partial charge in [-0.05, 0) is 63.2 Å². The molecule has 0 bridgehead atoms. The van der Waals surface area contributed by atoms with Gasteiger partial charge < -0.3 is 24.6 Å².